The summed E-state index contributed by atoms with van der Waals surface area (Å²) in [5.74, 6) is 2.79. The van der Waals surface area contributed by atoms with Crippen molar-refractivity contribution in [2.24, 2.45) is 0 Å². The Morgan fingerprint density at radius 2 is 2.20 bits per heavy atom. The Morgan fingerprint density at radius 1 is 1.27 bits per heavy atom. The highest BCUT2D eigenvalue weighted by Crippen LogP contribution is 2.24. The van der Waals surface area contributed by atoms with Crippen molar-refractivity contribution in [1.29, 1.82) is 0 Å². The molecule has 4 rings (SSSR count). The maximum atomic E-state index is 5.74. The zero-order valence-electron chi connectivity index (χ0n) is 17.4. The Kier molecular flexibility index (Phi) is 6.99. The van der Waals surface area contributed by atoms with E-state index in [1.54, 1.807) is 11.8 Å². The van der Waals surface area contributed by atoms with Gasteiger partial charge in [0, 0.05) is 43.5 Å². The van der Waals surface area contributed by atoms with Crippen molar-refractivity contribution in [3.8, 4) is 5.82 Å². The molecule has 158 valence electrons. The van der Waals surface area contributed by atoms with Crippen LogP contribution in [0.5, 0.6) is 0 Å². The van der Waals surface area contributed by atoms with Gasteiger partial charge in [0.1, 0.15) is 11.6 Å². The monoisotopic (exact) mass is 424 g/mol. The summed E-state index contributed by atoms with van der Waals surface area (Å²) in [6.07, 6.45) is 8.38. The van der Waals surface area contributed by atoms with E-state index in [1.165, 1.54) is 5.69 Å². The second-order valence-corrected chi connectivity index (χ2v) is 8.46. The van der Waals surface area contributed by atoms with Crippen LogP contribution in [0.3, 0.4) is 0 Å². The van der Waals surface area contributed by atoms with Crippen LogP contribution in [-0.2, 0) is 24.4 Å². The molecule has 0 bridgehead atoms. The Balaban J connectivity index is 1.42. The van der Waals surface area contributed by atoms with E-state index in [-0.39, 0.29) is 0 Å². The number of aromatic nitrogens is 5. The lowest BCUT2D eigenvalue weighted by atomic mass is 10.3. The molecule has 0 saturated carbocycles. The summed E-state index contributed by atoms with van der Waals surface area (Å²) in [5, 5.41) is 9.85. The van der Waals surface area contributed by atoms with Gasteiger partial charge in [0.2, 0.25) is 0 Å². The molecule has 3 aromatic heterocycles. The van der Waals surface area contributed by atoms with Crippen LogP contribution in [0.15, 0.2) is 60.5 Å². The number of hydrogen-bond donors (Lipinski definition) is 0. The summed E-state index contributed by atoms with van der Waals surface area (Å²) in [6.45, 7) is 6.97. The van der Waals surface area contributed by atoms with Crippen LogP contribution in [0.4, 0.5) is 0 Å². The molecule has 3 aromatic rings. The minimum absolute atomic E-state index is 0.328. The van der Waals surface area contributed by atoms with Gasteiger partial charge in [-0.05, 0) is 44.2 Å². The van der Waals surface area contributed by atoms with Crippen molar-refractivity contribution in [3.63, 3.8) is 0 Å². The fourth-order valence-electron chi connectivity index (χ4n) is 3.64. The molecule has 30 heavy (non-hydrogen) atoms. The van der Waals surface area contributed by atoms with Crippen molar-refractivity contribution in [3.05, 3.63) is 66.9 Å². The maximum absolute atomic E-state index is 5.74. The number of nitrogens with zero attached hydrogens (tertiary/aromatic N) is 6. The molecule has 0 amide bonds. The van der Waals surface area contributed by atoms with Gasteiger partial charge in [-0.25, -0.2) is 4.98 Å². The molecule has 1 saturated heterocycles. The third-order valence-corrected chi connectivity index (χ3v) is 6.20. The number of hydrogen-bond acceptors (Lipinski definition) is 6. The summed E-state index contributed by atoms with van der Waals surface area (Å²) >= 11 is 1.72. The van der Waals surface area contributed by atoms with E-state index in [0.29, 0.717) is 19.2 Å². The zero-order chi connectivity index (χ0) is 20.8. The van der Waals surface area contributed by atoms with Gasteiger partial charge in [-0.15, -0.1) is 16.8 Å². The van der Waals surface area contributed by atoms with E-state index < -0.39 is 0 Å². The minimum Gasteiger partial charge on any atom is -0.377 e. The molecule has 0 aliphatic carbocycles. The molecule has 0 radical (unpaired) electrons. The van der Waals surface area contributed by atoms with Crippen LogP contribution in [0.2, 0.25) is 0 Å². The van der Waals surface area contributed by atoms with Crippen molar-refractivity contribution in [2.45, 2.75) is 43.7 Å². The topological polar surface area (TPSA) is 61.0 Å². The smallest absolute Gasteiger partial charge is 0.191 e. The first-order chi connectivity index (χ1) is 14.7. The highest BCUT2D eigenvalue weighted by molar-refractivity contribution is 7.99. The van der Waals surface area contributed by atoms with Gasteiger partial charge in [-0.3, -0.25) is 4.90 Å². The fraction of sp³-hybridized carbons (Fsp3) is 0.409. The highest BCUT2D eigenvalue weighted by Gasteiger charge is 2.19. The van der Waals surface area contributed by atoms with Crippen molar-refractivity contribution < 1.29 is 4.74 Å². The summed E-state index contributed by atoms with van der Waals surface area (Å²) in [5.41, 5.74) is 1.18. The van der Waals surface area contributed by atoms with E-state index in [9.17, 15) is 0 Å². The molecule has 4 heterocycles. The predicted molar refractivity (Wildman–Crippen MR) is 119 cm³/mol. The third kappa shape index (κ3) is 5.00. The van der Waals surface area contributed by atoms with Gasteiger partial charge in [0.05, 0.1) is 12.6 Å². The normalized spacial score (nSPS) is 16.4. The lowest BCUT2D eigenvalue weighted by Gasteiger charge is -2.18. The van der Waals surface area contributed by atoms with E-state index in [4.69, 9.17) is 4.74 Å². The van der Waals surface area contributed by atoms with Gasteiger partial charge in [0.15, 0.2) is 5.16 Å². The van der Waals surface area contributed by atoms with Crippen molar-refractivity contribution >= 4 is 11.8 Å². The molecular weight excluding hydrogens is 396 g/mol. The van der Waals surface area contributed by atoms with Crippen LogP contribution >= 0.6 is 11.8 Å². The Morgan fingerprint density at radius 3 is 2.97 bits per heavy atom. The number of pyridine rings is 1. The molecule has 1 fully saturated rings. The molecule has 0 aromatic carbocycles. The summed E-state index contributed by atoms with van der Waals surface area (Å²) in [7, 11) is 2.10. The quantitative estimate of drug-likeness (QED) is 0.366. The van der Waals surface area contributed by atoms with E-state index in [0.717, 1.165) is 48.5 Å². The molecule has 1 aliphatic rings. The van der Waals surface area contributed by atoms with E-state index in [1.807, 2.05) is 36.7 Å². The molecule has 1 aliphatic heterocycles. The van der Waals surface area contributed by atoms with E-state index in [2.05, 4.69) is 55.0 Å². The fourth-order valence-corrected chi connectivity index (χ4v) is 4.67. The summed E-state index contributed by atoms with van der Waals surface area (Å²) < 4.78 is 10.0. The Labute approximate surface area is 181 Å². The molecule has 0 spiro atoms. The number of rotatable bonds is 10. The largest absolute Gasteiger partial charge is 0.377 e. The number of allylic oxidation sites excluding steroid dienone is 1. The standard InChI is InChI=1S/C22H28N6OS/c1-3-12-28-21(24-25-22(28)30-17-19-9-7-14-29-19)16-26(2)15-18-8-6-13-27(18)20-10-4-5-11-23-20/h3-6,8,10-11,13,19H,1,7,9,12,14-17H2,2H3/t19-/m0/s1. The number of ether oxygens (including phenoxy) is 1. The molecular formula is C22H28N6OS. The van der Waals surface area contributed by atoms with Crippen LogP contribution in [0.25, 0.3) is 5.82 Å². The second kappa shape index (κ2) is 10.1. The lowest BCUT2D eigenvalue weighted by molar-refractivity contribution is 0.129. The van der Waals surface area contributed by atoms with Crippen LogP contribution < -0.4 is 0 Å². The van der Waals surface area contributed by atoms with Gasteiger partial charge >= 0.3 is 0 Å². The molecule has 0 N–H and O–H groups in total. The van der Waals surface area contributed by atoms with Gasteiger partial charge < -0.3 is 13.9 Å². The summed E-state index contributed by atoms with van der Waals surface area (Å²) in [4.78, 5) is 6.70. The first-order valence-electron chi connectivity index (χ1n) is 10.3. The molecule has 0 unspecified atom stereocenters. The maximum Gasteiger partial charge on any atom is 0.191 e. The first-order valence-corrected chi connectivity index (χ1v) is 11.3. The van der Waals surface area contributed by atoms with Crippen molar-refractivity contribution in [1.82, 2.24) is 29.2 Å². The van der Waals surface area contributed by atoms with Crippen LogP contribution in [0, 0.1) is 0 Å². The SMILES string of the molecule is C=CCn1c(CN(C)Cc2cccn2-c2ccccn2)nnc1SC[C@@H]1CCCO1. The van der Waals surface area contributed by atoms with E-state index >= 15 is 0 Å². The molecule has 7 nitrogen and oxygen atoms in total. The predicted octanol–water partition coefficient (Wildman–Crippen LogP) is 3.55. The van der Waals surface area contributed by atoms with Crippen LogP contribution in [-0.4, -0.2) is 54.7 Å². The minimum atomic E-state index is 0.328. The molecule has 8 heteroatoms. The lowest BCUT2D eigenvalue weighted by Crippen LogP contribution is -2.22. The highest BCUT2D eigenvalue weighted by atomic mass is 32.2. The average molecular weight is 425 g/mol. The van der Waals surface area contributed by atoms with Gasteiger partial charge in [-0.2, -0.15) is 0 Å². The summed E-state index contributed by atoms with van der Waals surface area (Å²) in [6, 6.07) is 10.1. The van der Waals surface area contributed by atoms with Crippen molar-refractivity contribution in [2.75, 3.05) is 19.4 Å². The molecule has 1 atom stereocenters. The first kappa shape index (κ1) is 20.8. The van der Waals surface area contributed by atoms with Gasteiger partial charge in [0.25, 0.3) is 0 Å². The van der Waals surface area contributed by atoms with Crippen LogP contribution in [0.1, 0.15) is 24.4 Å². The van der Waals surface area contributed by atoms with Gasteiger partial charge in [-0.1, -0.05) is 23.9 Å². The second-order valence-electron chi connectivity index (χ2n) is 7.47. The Hall–Kier alpha value is -2.42. The number of thioether (sulfide) groups is 1. The third-order valence-electron chi connectivity index (χ3n) is 5.10. The zero-order valence-corrected chi connectivity index (χ0v) is 18.2. The average Bonchev–Trinajstić information content (AvgIpc) is 3.50. The Bertz CT molecular complexity index is 948.